The minimum absolute atomic E-state index is 0.244. The number of halogens is 2. The van der Waals surface area contributed by atoms with E-state index in [9.17, 15) is 14.4 Å². The first-order valence-corrected chi connectivity index (χ1v) is 5.18. The summed E-state index contributed by atoms with van der Waals surface area (Å²) in [5.74, 6) is -1.25. The Hall–Kier alpha value is -0.190. The Bertz CT molecular complexity index is 312. The molecule has 1 aliphatic heterocycles. The zero-order valence-electron chi connectivity index (χ0n) is 6.34. The Balaban J connectivity index is 3.04. The summed E-state index contributed by atoms with van der Waals surface area (Å²) in [6.45, 7) is 0. The van der Waals surface area contributed by atoms with Crippen molar-refractivity contribution in [3.8, 4) is 0 Å². The first-order valence-electron chi connectivity index (χ1n) is 3.02. The van der Waals surface area contributed by atoms with Crippen molar-refractivity contribution in [1.82, 2.24) is 4.90 Å². The molecule has 1 heterocycles. The maximum Gasteiger partial charge on any atom is 0.423 e. The molecule has 0 saturated carbocycles. The minimum atomic E-state index is -0.948. The van der Waals surface area contributed by atoms with Gasteiger partial charge in [-0.05, 0) is 45.2 Å². The van der Waals surface area contributed by atoms with Crippen LogP contribution in [-0.4, -0.2) is 29.9 Å². The summed E-state index contributed by atoms with van der Waals surface area (Å²) in [4.78, 5) is 34.0. The molecule has 0 saturated heterocycles. The van der Waals surface area contributed by atoms with Crippen molar-refractivity contribution in [3.05, 3.63) is 7.16 Å². The second-order valence-corrected chi connectivity index (χ2v) is 4.20. The largest absolute Gasteiger partial charge is 0.452 e. The summed E-state index contributed by atoms with van der Waals surface area (Å²) < 4.78 is 4.77. The number of hydrogen-bond acceptors (Lipinski definition) is 4. The van der Waals surface area contributed by atoms with Crippen molar-refractivity contribution in [2.24, 2.45) is 0 Å². The van der Waals surface area contributed by atoms with Crippen LogP contribution in [0.25, 0.3) is 0 Å². The lowest BCUT2D eigenvalue weighted by Gasteiger charge is -2.09. The third-order valence-electron chi connectivity index (χ3n) is 1.33. The van der Waals surface area contributed by atoms with E-state index in [1.54, 1.807) is 45.2 Å². The molecule has 0 spiro atoms. The topological polar surface area (TPSA) is 63.7 Å². The van der Waals surface area contributed by atoms with Crippen LogP contribution in [0, 0.1) is 0 Å². The van der Waals surface area contributed by atoms with Gasteiger partial charge in [-0.2, -0.15) is 4.90 Å². The van der Waals surface area contributed by atoms with Crippen molar-refractivity contribution in [2.75, 3.05) is 7.11 Å². The molecule has 1 rings (SSSR count). The van der Waals surface area contributed by atoms with E-state index in [1.807, 2.05) is 0 Å². The van der Waals surface area contributed by atoms with E-state index < -0.39 is 17.9 Å². The molecule has 0 aromatic heterocycles. The molecule has 3 amide bonds. The van der Waals surface area contributed by atoms with Gasteiger partial charge in [0.05, 0.1) is 14.3 Å². The van der Waals surface area contributed by atoms with Gasteiger partial charge in [0.15, 0.2) is 0 Å². The summed E-state index contributed by atoms with van der Waals surface area (Å²) >= 11 is 3.43. The highest BCUT2D eigenvalue weighted by atomic mass is 127. The lowest BCUT2D eigenvalue weighted by Crippen LogP contribution is -2.36. The van der Waals surface area contributed by atoms with Crippen LogP contribution in [0.2, 0.25) is 0 Å². The van der Waals surface area contributed by atoms with E-state index in [1.165, 1.54) is 0 Å². The molecule has 5 nitrogen and oxygen atoms in total. The lowest BCUT2D eigenvalue weighted by atomic mass is 10.6. The van der Waals surface area contributed by atoms with Gasteiger partial charge in [-0.15, -0.1) is 0 Å². The predicted molar refractivity (Wildman–Crippen MR) is 59.3 cm³/mol. The average molecular weight is 407 g/mol. The van der Waals surface area contributed by atoms with Gasteiger partial charge in [-0.3, -0.25) is 9.59 Å². The molecule has 0 aromatic carbocycles. The zero-order valence-corrected chi connectivity index (χ0v) is 10.7. The molecule has 0 unspecified atom stereocenters. The molecule has 0 aliphatic carbocycles. The monoisotopic (exact) mass is 407 g/mol. The highest BCUT2D eigenvalue weighted by Gasteiger charge is 2.40. The lowest BCUT2D eigenvalue weighted by molar-refractivity contribution is -0.134. The smallest absolute Gasteiger partial charge is 0.423 e. The van der Waals surface area contributed by atoms with Gasteiger partial charge in [0.2, 0.25) is 0 Å². The number of hydrogen-bond donors (Lipinski definition) is 0. The molecule has 0 N–H and O–H groups in total. The van der Waals surface area contributed by atoms with E-state index in [0.29, 0.717) is 4.90 Å². The van der Waals surface area contributed by atoms with Crippen LogP contribution < -0.4 is 0 Å². The number of imide groups is 3. The van der Waals surface area contributed by atoms with Crippen molar-refractivity contribution in [2.45, 2.75) is 0 Å². The fourth-order valence-electron chi connectivity index (χ4n) is 0.733. The molecule has 1 aliphatic rings. The third-order valence-corrected chi connectivity index (χ3v) is 4.37. The van der Waals surface area contributed by atoms with Crippen LogP contribution in [0.3, 0.4) is 0 Å². The first-order chi connectivity index (χ1) is 6.00. The molecule has 0 atom stereocenters. The minimum Gasteiger partial charge on any atom is -0.452 e. The average Bonchev–Trinajstić information content (AvgIpc) is 2.30. The molecule has 70 valence electrons. The standard InChI is InChI=1S/C6H3I2NO4/c1-13-6(12)9-4(10)2(7)3(8)5(9)11/h1H3. The molecule has 0 bridgehead atoms. The van der Waals surface area contributed by atoms with Gasteiger partial charge < -0.3 is 4.74 Å². The Labute approximate surface area is 101 Å². The van der Waals surface area contributed by atoms with Crippen molar-refractivity contribution in [1.29, 1.82) is 0 Å². The second-order valence-electron chi connectivity index (χ2n) is 2.04. The Morgan fingerprint density at radius 2 is 1.62 bits per heavy atom. The number of carbonyl (C=O) groups is 3. The maximum absolute atomic E-state index is 11.3. The molecule has 0 radical (unpaired) electrons. The summed E-state index contributed by atoms with van der Waals surface area (Å²) in [5, 5.41) is 0. The summed E-state index contributed by atoms with van der Waals surface area (Å²) in [7, 11) is 1.11. The quantitative estimate of drug-likeness (QED) is 0.448. The van der Waals surface area contributed by atoms with Gasteiger partial charge >= 0.3 is 6.09 Å². The number of carbonyl (C=O) groups excluding carboxylic acids is 3. The highest BCUT2D eigenvalue weighted by Crippen LogP contribution is 2.30. The van der Waals surface area contributed by atoms with Crippen LogP contribution in [0.4, 0.5) is 4.79 Å². The Morgan fingerprint density at radius 1 is 1.23 bits per heavy atom. The maximum atomic E-state index is 11.3. The van der Waals surface area contributed by atoms with Gasteiger partial charge in [0.1, 0.15) is 0 Å². The Kier molecular flexibility index (Phi) is 3.27. The number of methoxy groups -OCH3 is 1. The van der Waals surface area contributed by atoms with E-state index in [2.05, 4.69) is 4.74 Å². The molecular weight excluding hydrogens is 404 g/mol. The number of ether oxygens (including phenoxy) is 1. The predicted octanol–water partition coefficient (Wildman–Crippen LogP) is 1.20. The fraction of sp³-hybridized carbons (Fsp3) is 0.167. The molecule has 0 aromatic rings. The van der Waals surface area contributed by atoms with Crippen LogP contribution in [0.1, 0.15) is 0 Å². The molecule has 13 heavy (non-hydrogen) atoms. The van der Waals surface area contributed by atoms with Crippen molar-refractivity contribution >= 4 is 63.1 Å². The van der Waals surface area contributed by atoms with E-state index in [4.69, 9.17) is 0 Å². The van der Waals surface area contributed by atoms with Gasteiger partial charge in [0.25, 0.3) is 11.8 Å². The second kappa shape index (κ2) is 3.90. The third kappa shape index (κ3) is 1.71. The summed E-state index contributed by atoms with van der Waals surface area (Å²) in [5.41, 5.74) is 0. The fourth-order valence-corrected chi connectivity index (χ4v) is 1.68. The highest BCUT2D eigenvalue weighted by molar-refractivity contribution is 14.1. The van der Waals surface area contributed by atoms with E-state index in [0.717, 1.165) is 7.11 Å². The molecule has 0 fully saturated rings. The van der Waals surface area contributed by atoms with Crippen LogP contribution in [0.5, 0.6) is 0 Å². The van der Waals surface area contributed by atoms with Gasteiger partial charge in [-0.25, -0.2) is 4.79 Å². The Morgan fingerprint density at radius 3 is 1.92 bits per heavy atom. The van der Waals surface area contributed by atoms with Crippen LogP contribution in [-0.2, 0) is 14.3 Å². The molecule has 7 heteroatoms. The van der Waals surface area contributed by atoms with E-state index in [-0.39, 0.29) is 7.16 Å². The van der Waals surface area contributed by atoms with Gasteiger partial charge in [-0.1, -0.05) is 0 Å². The zero-order chi connectivity index (χ0) is 10.2. The number of amides is 3. The van der Waals surface area contributed by atoms with Crippen molar-refractivity contribution < 1.29 is 19.1 Å². The van der Waals surface area contributed by atoms with Crippen LogP contribution >= 0.6 is 45.2 Å². The van der Waals surface area contributed by atoms with Crippen LogP contribution in [0.15, 0.2) is 7.16 Å². The van der Waals surface area contributed by atoms with Crippen molar-refractivity contribution in [3.63, 3.8) is 0 Å². The normalized spacial score (nSPS) is 17.0. The summed E-state index contributed by atoms with van der Waals surface area (Å²) in [6.07, 6.45) is -0.948. The van der Waals surface area contributed by atoms with E-state index >= 15 is 0 Å². The number of rotatable bonds is 0. The SMILES string of the molecule is COC(=O)N1C(=O)C(I)=C(I)C1=O. The number of nitrogens with zero attached hydrogens (tertiary/aromatic N) is 1. The first kappa shape index (κ1) is 10.9. The molecular formula is C6H3I2NO4. The van der Waals surface area contributed by atoms with Gasteiger partial charge in [0, 0.05) is 0 Å². The summed E-state index contributed by atoms with van der Waals surface area (Å²) in [6, 6.07) is 0.